The van der Waals surface area contributed by atoms with Crippen LogP contribution in [0.4, 0.5) is 0 Å². The molecule has 138 valence electrons. The summed E-state index contributed by atoms with van der Waals surface area (Å²) in [7, 11) is -1.49. The van der Waals surface area contributed by atoms with Gasteiger partial charge in [0, 0.05) is 12.6 Å². The van der Waals surface area contributed by atoms with E-state index in [1.807, 2.05) is 0 Å². The summed E-state index contributed by atoms with van der Waals surface area (Å²) in [6, 6.07) is 2.21. The standard InChI is InChI=1S/C15H19NO8S/c1-23-11-6-5-9(8-12(11)24-2)25(21,22)16-7-3-4-10(14(17)18)13(16)15(19)20/h5-6,8,10,13H,3-4,7H2,1-2H3,(H,17,18)(H,19,20)/t10-,13+/m0/s1. The zero-order chi connectivity index (χ0) is 18.8. The van der Waals surface area contributed by atoms with Gasteiger partial charge >= 0.3 is 11.9 Å². The second-order valence-electron chi connectivity index (χ2n) is 5.50. The molecule has 0 amide bonds. The van der Waals surface area contributed by atoms with Crippen molar-refractivity contribution < 1.29 is 37.7 Å². The second kappa shape index (κ2) is 7.28. The first kappa shape index (κ1) is 19.0. The minimum absolute atomic E-state index is 0.0720. The first-order valence-corrected chi connectivity index (χ1v) is 8.87. The summed E-state index contributed by atoms with van der Waals surface area (Å²) in [6.45, 7) is -0.0720. The monoisotopic (exact) mass is 373 g/mol. The molecular weight excluding hydrogens is 354 g/mol. The van der Waals surface area contributed by atoms with Gasteiger partial charge in [-0.05, 0) is 25.0 Å². The van der Waals surface area contributed by atoms with E-state index >= 15 is 0 Å². The van der Waals surface area contributed by atoms with Crippen molar-refractivity contribution in [2.24, 2.45) is 5.92 Å². The van der Waals surface area contributed by atoms with Crippen LogP contribution in [0.15, 0.2) is 23.1 Å². The van der Waals surface area contributed by atoms with Crippen molar-refractivity contribution in [1.29, 1.82) is 0 Å². The fraction of sp³-hybridized carbons (Fsp3) is 0.467. The number of ether oxygens (including phenoxy) is 2. The van der Waals surface area contributed by atoms with Crippen molar-refractivity contribution in [3.05, 3.63) is 18.2 Å². The van der Waals surface area contributed by atoms with E-state index in [4.69, 9.17) is 9.47 Å². The quantitative estimate of drug-likeness (QED) is 0.743. The summed E-state index contributed by atoms with van der Waals surface area (Å²) < 4.78 is 36.7. The normalized spacial score (nSPS) is 21.5. The lowest BCUT2D eigenvalue weighted by atomic mass is 9.91. The van der Waals surface area contributed by atoms with Crippen molar-refractivity contribution in [1.82, 2.24) is 4.31 Å². The minimum atomic E-state index is -4.23. The van der Waals surface area contributed by atoms with Crippen LogP contribution < -0.4 is 9.47 Å². The Kier molecular flexibility index (Phi) is 5.53. The number of aliphatic carboxylic acids is 2. The molecule has 0 radical (unpaired) electrons. The first-order valence-electron chi connectivity index (χ1n) is 7.43. The third-order valence-corrected chi connectivity index (χ3v) is 5.99. The number of nitrogens with zero attached hydrogens (tertiary/aromatic N) is 1. The molecule has 10 heteroatoms. The molecule has 9 nitrogen and oxygen atoms in total. The molecule has 2 rings (SSSR count). The highest BCUT2D eigenvalue weighted by Crippen LogP contribution is 2.34. The number of piperidine rings is 1. The lowest BCUT2D eigenvalue weighted by Gasteiger charge is -2.35. The zero-order valence-electron chi connectivity index (χ0n) is 13.7. The number of hydrogen-bond donors (Lipinski definition) is 2. The number of benzene rings is 1. The fourth-order valence-corrected chi connectivity index (χ4v) is 4.57. The van der Waals surface area contributed by atoms with Crippen LogP contribution in [0, 0.1) is 5.92 Å². The second-order valence-corrected chi connectivity index (χ2v) is 7.39. The van der Waals surface area contributed by atoms with Gasteiger partial charge in [0.15, 0.2) is 11.5 Å². The van der Waals surface area contributed by atoms with Gasteiger partial charge in [-0.1, -0.05) is 0 Å². The molecule has 1 aliphatic rings. The van der Waals surface area contributed by atoms with Gasteiger partial charge in [0.05, 0.1) is 25.0 Å². The Bertz CT molecular complexity index is 776. The average molecular weight is 373 g/mol. The van der Waals surface area contributed by atoms with Gasteiger partial charge < -0.3 is 19.7 Å². The SMILES string of the molecule is COc1ccc(S(=O)(=O)N2CCC[C@H](C(=O)O)[C@@H]2C(=O)O)cc1OC. The van der Waals surface area contributed by atoms with Crippen LogP contribution in [-0.2, 0) is 19.6 Å². The predicted octanol–water partition coefficient (Wildman–Crippen LogP) is 0.642. The highest BCUT2D eigenvalue weighted by Gasteiger charge is 2.46. The van der Waals surface area contributed by atoms with E-state index in [2.05, 4.69) is 0 Å². The molecule has 0 unspecified atom stereocenters. The van der Waals surface area contributed by atoms with Gasteiger partial charge in [-0.15, -0.1) is 0 Å². The van der Waals surface area contributed by atoms with E-state index in [0.29, 0.717) is 5.75 Å². The molecule has 0 spiro atoms. The molecule has 1 saturated heterocycles. The summed E-state index contributed by atoms with van der Waals surface area (Å²) in [5.41, 5.74) is 0. The summed E-state index contributed by atoms with van der Waals surface area (Å²) in [5.74, 6) is -3.64. The van der Waals surface area contributed by atoms with Crippen LogP contribution in [0.3, 0.4) is 0 Å². The van der Waals surface area contributed by atoms with Crippen LogP contribution in [0.1, 0.15) is 12.8 Å². The first-order chi connectivity index (χ1) is 11.7. The largest absolute Gasteiger partial charge is 0.493 e. The summed E-state index contributed by atoms with van der Waals surface area (Å²) in [4.78, 5) is 22.7. The number of rotatable bonds is 6. The topological polar surface area (TPSA) is 130 Å². The van der Waals surface area contributed by atoms with Gasteiger partial charge in [-0.3, -0.25) is 9.59 Å². The maximum atomic E-state index is 12.9. The number of sulfonamides is 1. The molecular formula is C15H19NO8S. The minimum Gasteiger partial charge on any atom is -0.493 e. The average Bonchev–Trinajstić information content (AvgIpc) is 2.60. The van der Waals surface area contributed by atoms with E-state index < -0.39 is 33.9 Å². The Morgan fingerprint density at radius 1 is 1.12 bits per heavy atom. The Balaban J connectivity index is 2.50. The molecule has 25 heavy (non-hydrogen) atoms. The third-order valence-electron chi connectivity index (χ3n) is 4.12. The molecule has 0 saturated carbocycles. The van der Waals surface area contributed by atoms with E-state index in [-0.39, 0.29) is 30.0 Å². The van der Waals surface area contributed by atoms with Gasteiger partial charge in [0.25, 0.3) is 0 Å². The van der Waals surface area contributed by atoms with Crippen molar-refractivity contribution in [2.45, 2.75) is 23.8 Å². The summed E-state index contributed by atoms with van der Waals surface area (Å²) in [6.07, 6.45) is 0.359. The van der Waals surface area contributed by atoms with Gasteiger partial charge in [-0.25, -0.2) is 8.42 Å². The number of carbonyl (C=O) groups is 2. The molecule has 1 fully saturated rings. The Labute approximate surface area is 144 Å². The maximum absolute atomic E-state index is 12.9. The number of carboxylic acids is 2. The Morgan fingerprint density at radius 3 is 2.28 bits per heavy atom. The van der Waals surface area contributed by atoms with Gasteiger partial charge in [-0.2, -0.15) is 4.31 Å². The lowest BCUT2D eigenvalue weighted by Crippen LogP contribution is -2.54. The highest BCUT2D eigenvalue weighted by molar-refractivity contribution is 7.89. The van der Waals surface area contributed by atoms with E-state index in [0.717, 1.165) is 4.31 Å². The van der Waals surface area contributed by atoms with Crippen LogP contribution in [0.25, 0.3) is 0 Å². The number of hydrogen-bond acceptors (Lipinski definition) is 6. The van der Waals surface area contributed by atoms with E-state index in [1.54, 1.807) is 0 Å². The molecule has 1 aliphatic heterocycles. The Hall–Kier alpha value is -2.33. The Morgan fingerprint density at radius 2 is 1.76 bits per heavy atom. The molecule has 2 N–H and O–H groups in total. The molecule has 0 bridgehead atoms. The fourth-order valence-electron chi connectivity index (χ4n) is 2.90. The van der Waals surface area contributed by atoms with Crippen molar-refractivity contribution in [2.75, 3.05) is 20.8 Å². The van der Waals surface area contributed by atoms with Gasteiger partial charge in [0.1, 0.15) is 6.04 Å². The highest BCUT2D eigenvalue weighted by atomic mass is 32.2. The van der Waals surface area contributed by atoms with Crippen molar-refractivity contribution >= 4 is 22.0 Å². The lowest BCUT2D eigenvalue weighted by molar-refractivity contribution is -0.155. The van der Waals surface area contributed by atoms with Crippen LogP contribution >= 0.6 is 0 Å². The maximum Gasteiger partial charge on any atom is 0.322 e. The molecule has 1 heterocycles. The van der Waals surface area contributed by atoms with Crippen molar-refractivity contribution in [3.63, 3.8) is 0 Å². The molecule has 0 aliphatic carbocycles. The van der Waals surface area contributed by atoms with Crippen LogP contribution in [0.5, 0.6) is 11.5 Å². The predicted molar refractivity (Wildman–Crippen MR) is 85.2 cm³/mol. The molecule has 1 aromatic carbocycles. The van der Waals surface area contributed by atoms with E-state index in [1.165, 1.54) is 32.4 Å². The van der Waals surface area contributed by atoms with Crippen LogP contribution in [-0.4, -0.2) is 61.7 Å². The number of methoxy groups -OCH3 is 2. The van der Waals surface area contributed by atoms with Crippen LogP contribution in [0.2, 0.25) is 0 Å². The molecule has 1 aromatic rings. The third kappa shape index (κ3) is 3.54. The summed E-state index contributed by atoms with van der Waals surface area (Å²) >= 11 is 0. The number of carboxylic acid groups (broad SMARTS) is 2. The zero-order valence-corrected chi connectivity index (χ0v) is 14.5. The molecule has 2 atom stereocenters. The van der Waals surface area contributed by atoms with E-state index in [9.17, 15) is 28.2 Å². The molecule has 0 aromatic heterocycles. The van der Waals surface area contributed by atoms with Gasteiger partial charge in [0.2, 0.25) is 10.0 Å². The smallest absolute Gasteiger partial charge is 0.322 e. The van der Waals surface area contributed by atoms with Crippen molar-refractivity contribution in [3.8, 4) is 11.5 Å². The summed E-state index contributed by atoms with van der Waals surface area (Å²) in [5, 5.41) is 18.6.